The summed E-state index contributed by atoms with van der Waals surface area (Å²) in [6, 6.07) is 12.7. The first kappa shape index (κ1) is 12.4. The van der Waals surface area contributed by atoms with Gasteiger partial charge < -0.3 is 4.98 Å². The van der Waals surface area contributed by atoms with Gasteiger partial charge in [0, 0.05) is 0 Å². The van der Waals surface area contributed by atoms with Gasteiger partial charge in [0.05, 0.1) is 16.6 Å². The van der Waals surface area contributed by atoms with Crippen LogP contribution < -0.4 is 11.2 Å². The molecule has 0 atom stereocenters. The number of rotatable bonds is 1. The molecule has 0 saturated carbocycles. The van der Waals surface area contributed by atoms with Gasteiger partial charge in [0.15, 0.2) is 0 Å². The zero-order valence-electron chi connectivity index (χ0n) is 11.3. The van der Waals surface area contributed by atoms with Gasteiger partial charge in [-0.2, -0.15) is 0 Å². The quantitative estimate of drug-likeness (QED) is 0.734. The summed E-state index contributed by atoms with van der Waals surface area (Å²) in [6.07, 6.45) is 0. The van der Waals surface area contributed by atoms with Crippen LogP contribution in [-0.4, -0.2) is 9.55 Å². The zero-order chi connectivity index (χ0) is 14.3. The second-order valence-electron chi connectivity index (χ2n) is 4.91. The number of aryl methyl sites for hydroxylation is 2. The minimum absolute atomic E-state index is 0.293. The van der Waals surface area contributed by atoms with Crippen LogP contribution in [0.2, 0.25) is 0 Å². The molecule has 1 N–H and O–H groups in total. The van der Waals surface area contributed by atoms with Gasteiger partial charge in [-0.3, -0.25) is 4.79 Å². The molecule has 3 aromatic rings. The number of nitrogens with zero attached hydrogens (tertiary/aromatic N) is 1. The SMILES string of the molecule is Cc1cccc(-n2c(=O)[nH]c3c(C)cccc3c2=O)c1. The number of H-pyrrole nitrogens is 1. The maximum Gasteiger partial charge on any atom is 0.333 e. The van der Waals surface area contributed by atoms with Crippen molar-refractivity contribution in [3.05, 3.63) is 74.4 Å². The van der Waals surface area contributed by atoms with Crippen molar-refractivity contribution >= 4 is 10.9 Å². The summed E-state index contributed by atoms with van der Waals surface area (Å²) in [6.45, 7) is 3.79. The Labute approximate surface area is 115 Å². The number of para-hydroxylation sites is 1. The Bertz CT molecular complexity index is 920. The number of aromatic nitrogens is 2. The van der Waals surface area contributed by atoms with E-state index >= 15 is 0 Å². The molecule has 0 bridgehead atoms. The third kappa shape index (κ3) is 1.86. The minimum atomic E-state index is -0.414. The Hall–Kier alpha value is -2.62. The highest BCUT2D eigenvalue weighted by atomic mass is 16.2. The largest absolute Gasteiger partial charge is 0.333 e. The van der Waals surface area contributed by atoms with E-state index in [9.17, 15) is 9.59 Å². The van der Waals surface area contributed by atoms with Gasteiger partial charge in [-0.25, -0.2) is 9.36 Å². The third-order valence-corrected chi connectivity index (χ3v) is 3.40. The lowest BCUT2D eigenvalue weighted by atomic mass is 10.1. The number of nitrogens with one attached hydrogen (secondary N) is 1. The van der Waals surface area contributed by atoms with Crippen LogP contribution >= 0.6 is 0 Å². The van der Waals surface area contributed by atoms with Crippen LogP contribution in [0.3, 0.4) is 0 Å². The molecule has 0 aliphatic heterocycles. The van der Waals surface area contributed by atoms with E-state index in [0.717, 1.165) is 11.1 Å². The minimum Gasteiger partial charge on any atom is -0.306 e. The van der Waals surface area contributed by atoms with Crippen molar-refractivity contribution in [2.45, 2.75) is 13.8 Å². The smallest absolute Gasteiger partial charge is 0.306 e. The number of hydrogen-bond donors (Lipinski definition) is 1. The number of fused-ring (bicyclic) bond motifs is 1. The predicted octanol–water partition coefficient (Wildman–Crippen LogP) is 2.30. The molecule has 20 heavy (non-hydrogen) atoms. The molecule has 1 heterocycles. The Morgan fingerprint density at radius 1 is 1.00 bits per heavy atom. The van der Waals surface area contributed by atoms with E-state index in [-0.39, 0.29) is 5.56 Å². The van der Waals surface area contributed by atoms with Gasteiger partial charge in [0.2, 0.25) is 0 Å². The summed E-state index contributed by atoms with van der Waals surface area (Å²) in [5.74, 6) is 0. The van der Waals surface area contributed by atoms with E-state index in [1.54, 1.807) is 12.1 Å². The first-order chi connectivity index (χ1) is 9.58. The topological polar surface area (TPSA) is 54.9 Å². The second kappa shape index (κ2) is 4.49. The van der Waals surface area contributed by atoms with Gasteiger partial charge in [0.25, 0.3) is 5.56 Å². The molecule has 0 aliphatic rings. The van der Waals surface area contributed by atoms with Gasteiger partial charge in [-0.05, 0) is 43.2 Å². The molecule has 0 aliphatic carbocycles. The Kier molecular flexibility index (Phi) is 2.79. The molecule has 4 nitrogen and oxygen atoms in total. The van der Waals surface area contributed by atoms with Crippen LogP contribution in [0.15, 0.2) is 52.1 Å². The average molecular weight is 266 g/mol. The Balaban J connectivity index is 2.44. The van der Waals surface area contributed by atoms with Crippen LogP contribution in [0.4, 0.5) is 0 Å². The van der Waals surface area contributed by atoms with Crippen molar-refractivity contribution in [3.8, 4) is 5.69 Å². The van der Waals surface area contributed by atoms with E-state index in [1.165, 1.54) is 4.57 Å². The molecule has 0 unspecified atom stereocenters. The summed E-state index contributed by atoms with van der Waals surface area (Å²) in [4.78, 5) is 27.6. The average Bonchev–Trinajstić information content (AvgIpc) is 2.40. The van der Waals surface area contributed by atoms with Crippen molar-refractivity contribution < 1.29 is 0 Å². The third-order valence-electron chi connectivity index (χ3n) is 3.40. The van der Waals surface area contributed by atoms with E-state index < -0.39 is 5.69 Å². The summed E-state index contributed by atoms with van der Waals surface area (Å²) < 4.78 is 1.18. The number of benzene rings is 2. The highest BCUT2D eigenvalue weighted by Crippen LogP contribution is 2.12. The highest BCUT2D eigenvalue weighted by Gasteiger charge is 2.10. The fraction of sp³-hybridized carbons (Fsp3) is 0.125. The van der Waals surface area contributed by atoms with Gasteiger partial charge >= 0.3 is 5.69 Å². The Morgan fingerprint density at radius 3 is 2.50 bits per heavy atom. The van der Waals surface area contributed by atoms with Crippen LogP contribution in [0, 0.1) is 13.8 Å². The lowest BCUT2D eigenvalue weighted by Crippen LogP contribution is -2.33. The first-order valence-corrected chi connectivity index (χ1v) is 6.39. The maximum absolute atomic E-state index is 12.6. The maximum atomic E-state index is 12.6. The molecule has 0 spiro atoms. The van der Waals surface area contributed by atoms with E-state index in [2.05, 4.69) is 4.98 Å². The molecular weight excluding hydrogens is 252 g/mol. The van der Waals surface area contributed by atoms with Crippen molar-refractivity contribution in [3.63, 3.8) is 0 Å². The zero-order valence-corrected chi connectivity index (χ0v) is 11.3. The van der Waals surface area contributed by atoms with Crippen molar-refractivity contribution in [1.82, 2.24) is 9.55 Å². The van der Waals surface area contributed by atoms with Crippen LogP contribution in [0.5, 0.6) is 0 Å². The molecule has 0 fully saturated rings. The normalized spacial score (nSPS) is 10.9. The molecule has 0 amide bonds. The molecule has 100 valence electrons. The van der Waals surface area contributed by atoms with E-state index in [1.807, 2.05) is 44.2 Å². The molecule has 0 saturated heterocycles. The van der Waals surface area contributed by atoms with Gasteiger partial charge in [-0.1, -0.05) is 24.3 Å². The molecule has 4 heteroatoms. The van der Waals surface area contributed by atoms with Crippen molar-refractivity contribution in [2.24, 2.45) is 0 Å². The molecule has 1 aromatic heterocycles. The van der Waals surface area contributed by atoms with Crippen LogP contribution in [-0.2, 0) is 0 Å². The number of aromatic amines is 1. The van der Waals surface area contributed by atoms with Crippen LogP contribution in [0.25, 0.3) is 16.6 Å². The van der Waals surface area contributed by atoms with Crippen molar-refractivity contribution in [1.29, 1.82) is 0 Å². The standard InChI is InChI=1S/C16H14N2O2/c1-10-5-3-7-12(9-10)18-15(19)13-8-4-6-11(2)14(13)17-16(18)20/h3-9H,1-2H3,(H,17,20). The highest BCUT2D eigenvalue weighted by molar-refractivity contribution is 5.80. The van der Waals surface area contributed by atoms with E-state index in [0.29, 0.717) is 16.6 Å². The molecule has 3 rings (SSSR count). The monoisotopic (exact) mass is 266 g/mol. The first-order valence-electron chi connectivity index (χ1n) is 6.39. The molecular formula is C16H14N2O2. The van der Waals surface area contributed by atoms with Crippen molar-refractivity contribution in [2.75, 3.05) is 0 Å². The molecule has 0 radical (unpaired) electrons. The number of hydrogen-bond acceptors (Lipinski definition) is 2. The summed E-state index contributed by atoms with van der Waals surface area (Å²) in [7, 11) is 0. The summed E-state index contributed by atoms with van der Waals surface area (Å²) >= 11 is 0. The summed E-state index contributed by atoms with van der Waals surface area (Å²) in [5, 5.41) is 0.520. The Morgan fingerprint density at radius 2 is 1.75 bits per heavy atom. The fourth-order valence-electron chi connectivity index (χ4n) is 2.39. The van der Waals surface area contributed by atoms with E-state index in [4.69, 9.17) is 0 Å². The fourth-order valence-corrected chi connectivity index (χ4v) is 2.39. The lowest BCUT2D eigenvalue weighted by molar-refractivity contribution is 0.898. The van der Waals surface area contributed by atoms with Gasteiger partial charge in [0.1, 0.15) is 0 Å². The van der Waals surface area contributed by atoms with Gasteiger partial charge in [-0.15, -0.1) is 0 Å². The lowest BCUT2D eigenvalue weighted by Gasteiger charge is -2.08. The van der Waals surface area contributed by atoms with Crippen LogP contribution in [0.1, 0.15) is 11.1 Å². The second-order valence-corrected chi connectivity index (χ2v) is 4.91. The molecule has 2 aromatic carbocycles. The summed E-state index contributed by atoms with van der Waals surface area (Å²) in [5.41, 5.74) is 2.36. The predicted molar refractivity (Wildman–Crippen MR) is 79.6 cm³/mol.